The lowest BCUT2D eigenvalue weighted by Gasteiger charge is -2.07. The van der Waals surface area contributed by atoms with Crippen molar-refractivity contribution in [2.24, 2.45) is 4.99 Å². The molecule has 0 heterocycles. The van der Waals surface area contributed by atoms with E-state index in [9.17, 15) is 0 Å². The number of para-hydroxylation sites is 1. The molecule has 0 saturated heterocycles. The van der Waals surface area contributed by atoms with Crippen LogP contribution in [0.4, 0.5) is 5.69 Å². The first-order chi connectivity index (χ1) is 10.8. The van der Waals surface area contributed by atoms with Crippen LogP contribution in [0, 0.1) is 0 Å². The van der Waals surface area contributed by atoms with Crippen molar-refractivity contribution in [2.45, 2.75) is 4.90 Å². The SMILES string of the molecule is Clc1ccc(C(=Nc2ccccc2)Sc2ccccc2)cc1. The van der Waals surface area contributed by atoms with Gasteiger partial charge in [0.1, 0.15) is 5.04 Å². The van der Waals surface area contributed by atoms with Crippen molar-refractivity contribution in [2.75, 3.05) is 0 Å². The number of halogens is 1. The van der Waals surface area contributed by atoms with Gasteiger partial charge in [0.25, 0.3) is 0 Å². The molecule has 1 nitrogen and oxygen atoms in total. The van der Waals surface area contributed by atoms with Crippen molar-refractivity contribution in [1.82, 2.24) is 0 Å². The molecule has 0 spiro atoms. The third-order valence-corrected chi connectivity index (χ3v) is 4.32. The van der Waals surface area contributed by atoms with Gasteiger partial charge in [0.15, 0.2) is 0 Å². The smallest absolute Gasteiger partial charge is 0.109 e. The predicted molar refractivity (Wildman–Crippen MR) is 96.4 cm³/mol. The fraction of sp³-hybridized carbons (Fsp3) is 0. The number of hydrogen-bond acceptors (Lipinski definition) is 2. The molecule has 0 unspecified atom stereocenters. The molecular formula is C19H14ClNS. The maximum absolute atomic E-state index is 5.99. The molecule has 3 aromatic carbocycles. The van der Waals surface area contributed by atoms with Crippen LogP contribution in [0.1, 0.15) is 5.56 Å². The number of rotatable bonds is 3. The molecular weight excluding hydrogens is 310 g/mol. The van der Waals surface area contributed by atoms with Gasteiger partial charge in [-0.3, -0.25) is 0 Å². The van der Waals surface area contributed by atoms with Gasteiger partial charge < -0.3 is 0 Å². The molecule has 3 aromatic rings. The Morgan fingerprint density at radius 3 is 1.95 bits per heavy atom. The van der Waals surface area contributed by atoms with E-state index in [1.54, 1.807) is 11.8 Å². The third kappa shape index (κ3) is 4.00. The zero-order valence-electron chi connectivity index (χ0n) is 11.8. The van der Waals surface area contributed by atoms with Gasteiger partial charge in [-0.1, -0.05) is 71.9 Å². The van der Waals surface area contributed by atoms with Crippen molar-refractivity contribution in [1.29, 1.82) is 0 Å². The molecule has 0 aliphatic heterocycles. The second kappa shape index (κ2) is 7.30. The minimum absolute atomic E-state index is 0.729. The van der Waals surface area contributed by atoms with E-state index in [1.165, 1.54) is 0 Å². The number of benzene rings is 3. The number of hydrogen-bond donors (Lipinski definition) is 0. The Kier molecular flexibility index (Phi) is 4.94. The summed E-state index contributed by atoms with van der Waals surface area (Å²) >= 11 is 7.64. The summed E-state index contributed by atoms with van der Waals surface area (Å²) in [6.45, 7) is 0. The zero-order valence-corrected chi connectivity index (χ0v) is 13.4. The molecule has 0 aliphatic carbocycles. The molecule has 0 N–H and O–H groups in total. The monoisotopic (exact) mass is 323 g/mol. The quantitative estimate of drug-likeness (QED) is 0.317. The minimum atomic E-state index is 0.729. The minimum Gasteiger partial charge on any atom is -0.241 e. The Balaban J connectivity index is 1.98. The van der Waals surface area contributed by atoms with Crippen LogP contribution in [0.15, 0.2) is 94.8 Å². The van der Waals surface area contributed by atoms with E-state index in [4.69, 9.17) is 16.6 Å². The van der Waals surface area contributed by atoms with Gasteiger partial charge in [-0.25, -0.2) is 4.99 Å². The first-order valence-corrected chi connectivity index (χ1v) is 8.13. The summed E-state index contributed by atoms with van der Waals surface area (Å²) in [4.78, 5) is 5.95. The lowest BCUT2D eigenvalue weighted by Crippen LogP contribution is -1.95. The molecule has 0 aromatic heterocycles. The van der Waals surface area contributed by atoms with Gasteiger partial charge in [0, 0.05) is 15.5 Å². The molecule has 0 radical (unpaired) electrons. The summed E-state index contributed by atoms with van der Waals surface area (Å²) in [7, 11) is 0. The van der Waals surface area contributed by atoms with E-state index < -0.39 is 0 Å². The fourth-order valence-corrected chi connectivity index (χ4v) is 3.01. The van der Waals surface area contributed by atoms with Crippen molar-refractivity contribution < 1.29 is 0 Å². The zero-order chi connectivity index (χ0) is 15.2. The van der Waals surface area contributed by atoms with Gasteiger partial charge >= 0.3 is 0 Å². The first-order valence-electron chi connectivity index (χ1n) is 6.94. The van der Waals surface area contributed by atoms with E-state index in [2.05, 4.69) is 12.1 Å². The molecule has 0 amide bonds. The van der Waals surface area contributed by atoms with Crippen molar-refractivity contribution >= 4 is 34.1 Å². The van der Waals surface area contributed by atoms with Gasteiger partial charge in [0.05, 0.1) is 5.69 Å². The first kappa shape index (κ1) is 14.9. The summed E-state index contributed by atoms with van der Waals surface area (Å²) in [6.07, 6.45) is 0. The second-order valence-corrected chi connectivity index (χ2v) is 6.17. The topological polar surface area (TPSA) is 12.4 Å². The lowest BCUT2D eigenvalue weighted by atomic mass is 10.2. The Hall–Kier alpha value is -2.03. The van der Waals surface area contributed by atoms with E-state index in [0.29, 0.717) is 0 Å². The lowest BCUT2D eigenvalue weighted by molar-refractivity contribution is 1.47. The molecule has 0 aliphatic rings. The van der Waals surface area contributed by atoms with Crippen LogP contribution in [0.2, 0.25) is 5.02 Å². The Morgan fingerprint density at radius 1 is 0.727 bits per heavy atom. The van der Waals surface area contributed by atoms with Gasteiger partial charge in [-0.15, -0.1) is 0 Å². The summed E-state index contributed by atoms with van der Waals surface area (Å²) in [5.74, 6) is 0. The maximum atomic E-state index is 5.99. The third-order valence-electron chi connectivity index (χ3n) is 3.04. The average molecular weight is 324 g/mol. The summed E-state index contributed by atoms with van der Waals surface area (Å²) in [6, 6.07) is 28.0. The van der Waals surface area contributed by atoms with Crippen LogP contribution in [0.3, 0.4) is 0 Å². The molecule has 0 atom stereocenters. The highest BCUT2D eigenvalue weighted by atomic mass is 35.5. The number of aliphatic imine (C=N–C) groups is 1. The Morgan fingerprint density at radius 2 is 1.32 bits per heavy atom. The van der Waals surface area contributed by atoms with Crippen LogP contribution >= 0.6 is 23.4 Å². The Bertz CT molecular complexity index is 752. The molecule has 0 fully saturated rings. The fourth-order valence-electron chi connectivity index (χ4n) is 1.96. The van der Waals surface area contributed by atoms with Crippen molar-refractivity contribution in [3.8, 4) is 0 Å². The highest BCUT2D eigenvalue weighted by Crippen LogP contribution is 2.27. The molecule has 108 valence electrons. The molecule has 0 saturated carbocycles. The van der Waals surface area contributed by atoms with E-state index >= 15 is 0 Å². The van der Waals surface area contributed by atoms with Crippen molar-refractivity contribution in [3.05, 3.63) is 95.5 Å². The summed E-state index contributed by atoms with van der Waals surface area (Å²) in [5.41, 5.74) is 2.00. The average Bonchev–Trinajstić information content (AvgIpc) is 2.57. The standard InChI is InChI=1S/C19H14ClNS/c20-16-13-11-15(12-14-16)19(21-17-7-3-1-4-8-17)22-18-9-5-2-6-10-18/h1-14H. The predicted octanol–water partition coefficient (Wildman–Crippen LogP) is 6.21. The van der Waals surface area contributed by atoms with Crippen LogP contribution < -0.4 is 0 Å². The van der Waals surface area contributed by atoms with Crippen molar-refractivity contribution in [3.63, 3.8) is 0 Å². The van der Waals surface area contributed by atoms with Crippen LogP contribution in [-0.2, 0) is 0 Å². The number of nitrogens with zero attached hydrogens (tertiary/aromatic N) is 1. The molecule has 3 rings (SSSR count). The highest BCUT2D eigenvalue weighted by molar-refractivity contribution is 8.14. The maximum Gasteiger partial charge on any atom is 0.109 e. The highest BCUT2D eigenvalue weighted by Gasteiger charge is 2.07. The number of thioether (sulfide) groups is 1. The van der Waals surface area contributed by atoms with Gasteiger partial charge in [0.2, 0.25) is 0 Å². The van der Waals surface area contributed by atoms with Crippen LogP contribution in [0.25, 0.3) is 0 Å². The van der Waals surface area contributed by atoms with Gasteiger partial charge in [-0.2, -0.15) is 0 Å². The normalized spacial score (nSPS) is 11.4. The Labute approximate surface area is 139 Å². The summed E-state index contributed by atoms with van der Waals surface area (Å²) < 4.78 is 0. The van der Waals surface area contributed by atoms with E-state index in [1.807, 2.05) is 72.8 Å². The summed E-state index contributed by atoms with van der Waals surface area (Å²) in [5, 5.41) is 1.68. The second-order valence-electron chi connectivity index (χ2n) is 4.67. The van der Waals surface area contributed by atoms with Crippen LogP contribution in [0.5, 0.6) is 0 Å². The van der Waals surface area contributed by atoms with E-state index in [-0.39, 0.29) is 0 Å². The molecule has 0 bridgehead atoms. The largest absolute Gasteiger partial charge is 0.241 e. The molecule has 22 heavy (non-hydrogen) atoms. The van der Waals surface area contributed by atoms with E-state index in [0.717, 1.165) is 26.2 Å². The van der Waals surface area contributed by atoms with Crippen LogP contribution in [-0.4, -0.2) is 5.04 Å². The van der Waals surface area contributed by atoms with Gasteiger partial charge in [-0.05, 0) is 36.4 Å². The molecule has 3 heteroatoms.